The molecule has 3 rings (SSSR count). The van der Waals surface area contributed by atoms with E-state index in [2.05, 4.69) is 0 Å². The Morgan fingerprint density at radius 1 is 1.14 bits per heavy atom. The van der Waals surface area contributed by atoms with Gasteiger partial charge in [-0.15, -0.1) is 0 Å². The summed E-state index contributed by atoms with van der Waals surface area (Å²) >= 11 is 6.65. The lowest BCUT2D eigenvalue weighted by atomic mass is 10.2. The molecule has 0 bridgehead atoms. The molecule has 148 valence electrons. The minimum atomic E-state index is -0.360. The zero-order valence-corrected chi connectivity index (χ0v) is 17.7. The molecular formula is C23H21NO3S2. The topological polar surface area (TPSA) is 46.6 Å². The molecule has 0 atom stereocenters. The first-order chi connectivity index (χ1) is 14.1. The number of hydrogen-bond acceptors (Lipinski definition) is 5. The van der Waals surface area contributed by atoms with Gasteiger partial charge in [0.15, 0.2) is 4.32 Å². The molecule has 29 heavy (non-hydrogen) atoms. The van der Waals surface area contributed by atoms with Crippen LogP contribution in [0.1, 0.15) is 35.7 Å². The molecule has 0 N–H and O–H groups in total. The molecular weight excluding hydrogens is 402 g/mol. The van der Waals surface area contributed by atoms with Crippen LogP contribution in [0.5, 0.6) is 0 Å². The quantitative estimate of drug-likeness (QED) is 0.251. The maximum Gasteiger partial charge on any atom is 0.338 e. The largest absolute Gasteiger partial charge is 0.462 e. The van der Waals surface area contributed by atoms with Crippen molar-refractivity contribution in [3.05, 3.63) is 82.8 Å². The predicted molar refractivity (Wildman–Crippen MR) is 123 cm³/mol. The van der Waals surface area contributed by atoms with E-state index in [1.165, 1.54) is 16.7 Å². The lowest BCUT2D eigenvalue weighted by Crippen LogP contribution is -2.27. The molecule has 0 spiro atoms. The Bertz CT molecular complexity index is 950. The van der Waals surface area contributed by atoms with Gasteiger partial charge in [0.25, 0.3) is 5.91 Å². The Labute approximate surface area is 180 Å². The lowest BCUT2D eigenvalue weighted by Gasteiger charge is -2.14. The number of allylic oxidation sites excluding steroid dienone is 2. The van der Waals surface area contributed by atoms with Gasteiger partial charge in [-0.05, 0) is 42.3 Å². The van der Waals surface area contributed by atoms with Crippen molar-refractivity contribution in [3.8, 4) is 0 Å². The number of thioether (sulfide) groups is 1. The number of carbonyl (C=O) groups excluding carboxylic acids is 2. The number of hydrogen-bond donors (Lipinski definition) is 0. The molecule has 0 radical (unpaired) electrons. The van der Waals surface area contributed by atoms with E-state index in [-0.39, 0.29) is 11.9 Å². The van der Waals surface area contributed by atoms with Crippen LogP contribution < -0.4 is 4.90 Å². The van der Waals surface area contributed by atoms with Crippen LogP contribution in [-0.4, -0.2) is 22.8 Å². The number of benzene rings is 2. The Balaban J connectivity index is 1.68. The fourth-order valence-electron chi connectivity index (χ4n) is 2.65. The summed E-state index contributed by atoms with van der Waals surface area (Å²) in [6.07, 6.45) is 7.36. The van der Waals surface area contributed by atoms with Crippen molar-refractivity contribution in [2.45, 2.75) is 19.8 Å². The van der Waals surface area contributed by atoms with Gasteiger partial charge in [0.2, 0.25) is 0 Å². The summed E-state index contributed by atoms with van der Waals surface area (Å²) in [7, 11) is 0. The SMILES string of the molecule is CCCCOC(=O)c1ccc(N2C(=O)/C(=C/C=C\c3ccccc3)SC2=S)cc1. The predicted octanol–water partition coefficient (Wildman–Crippen LogP) is 5.61. The van der Waals surface area contributed by atoms with Crippen LogP contribution in [0, 0.1) is 0 Å². The number of amides is 1. The maximum atomic E-state index is 12.8. The summed E-state index contributed by atoms with van der Waals surface area (Å²) in [5, 5.41) is 0. The van der Waals surface area contributed by atoms with Crippen molar-refractivity contribution >= 4 is 51.9 Å². The second-order valence-corrected chi connectivity index (χ2v) is 8.02. The second kappa shape index (κ2) is 10.2. The van der Waals surface area contributed by atoms with Gasteiger partial charge in [-0.3, -0.25) is 9.69 Å². The van der Waals surface area contributed by atoms with E-state index < -0.39 is 0 Å². The van der Waals surface area contributed by atoms with Crippen LogP contribution in [-0.2, 0) is 9.53 Å². The highest BCUT2D eigenvalue weighted by Crippen LogP contribution is 2.35. The summed E-state index contributed by atoms with van der Waals surface area (Å²) in [5.41, 5.74) is 2.14. The van der Waals surface area contributed by atoms with Crippen molar-refractivity contribution in [1.29, 1.82) is 0 Å². The van der Waals surface area contributed by atoms with E-state index >= 15 is 0 Å². The number of carbonyl (C=O) groups is 2. The van der Waals surface area contributed by atoms with Crippen LogP contribution in [0.25, 0.3) is 6.08 Å². The highest BCUT2D eigenvalue weighted by atomic mass is 32.2. The molecule has 0 aliphatic carbocycles. The molecule has 1 amide bonds. The molecule has 1 fully saturated rings. The fraction of sp³-hybridized carbons (Fsp3) is 0.174. The van der Waals surface area contributed by atoms with Crippen LogP contribution in [0.4, 0.5) is 5.69 Å². The molecule has 1 saturated heterocycles. The van der Waals surface area contributed by atoms with Gasteiger partial charge in [-0.2, -0.15) is 0 Å². The summed E-state index contributed by atoms with van der Waals surface area (Å²) in [6, 6.07) is 16.6. The lowest BCUT2D eigenvalue weighted by molar-refractivity contribution is -0.113. The van der Waals surface area contributed by atoms with Gasteiger partial charge >= 0.3 is 5.97 Å². The van der Waals surface area contributed by atoms with Gasteiger partial charge in [0.05, 0.1) is 22.8 Å². The zero-order valence-electron chi connectivity index (χ0n) is 16.0. The van der Waals surface area contributed by atoms with Gasteiger partial charge in [-0.25, -0.2) is 4.79 Å². The summed E-state index contributed by atoms with van der Waals surface area (Å²) in [5.74, 6) is -0.530. The summed E-state index contributed by atoms with van der Waals surface area (Å²) in [4.78, 5) is 26.8. The molecule has 6 heteroatoms. The van der Waals surface area contributed by atoms with Gasteiger partial charge in [0, 0.05) is 0 Å². The van der Waals surface area contributed by atoms with Gasteiger partial charge in [-0.1, -0.05) is 79.8 Å². The zero-order chi connectivity index (χ0) is 20.6. The number of ether oxygens (including phenoxy) is 1. The molecule has 0 aromatic heterocycles. The first-order valence-electron chi connectivity index (χ1n) is 9.37. The highest BCUT2D eigenvalue weighted by Gasteiger charge is 2.32. The normalized spacial score (nSPS) is 15.5. The van der Waals surface area contributed by atoms with Crippen molar-refractivity contribution in [3.63, 3.8) is 0 Å². The van der Waals surface area contributed by atoms with Gasteiger partial charge < -0.3 is 4.74 Å². The minimum absolute atomic E-state index is 0.170. The molecule has 2 aromatic rings. The molecule has 1 heterocycles. The third-order valence-corrected chi connectivity index (χ3v) is 5.54. The standard InChI is InChI=1S/C23H21NO3S2/c1-2-3-16-27-22(26)18-12-14-19(15-13-18)24-21(25)20(29-23(24)28)11-7-10-17-8-5-4-6-9-17/h4-15H,2-3,16H2,1H3/b10-7-,20-11-. The van der Waals surface area contributed by atoms with E-state index in [4.69, 9.17) is 17.0 Å². The highest BCUT2D eigenvalue weighted by molar-refractivity contribution is 8.27. The van der Waals surface area contributed by atoms with Crippen LogP contribution in [0.15, 0.2) is 71.7 Å². The van der Waals surface area contributed by atoms with E-state index in [0.717, 1.165) is 18.4 Å². The Hall–Kier alpha value is -2.70. The van der Waals surface area contributed by atoms with E-state index in [1.807, 2.05) is 49.4 Å². The third-order valence-electron chi connectivity index (χ3n) is 4.22. The number of unbranched alkanes of at least 4 members (excludes halogenated alkanes) is 1. The van der Waals surface area contributed by atoms with E-state index in [1.54, 1.807) is 30.3 Å². The Morgan fingerprint density at radius 2 is 1.86 bits per heavy atom. The third kappa shape index (κ3) is 5.43. The number of rotatable bonds is 7. The molecule has 0 unspecified atom stereocenters. The summed E-state index contributed by atoms with van der Waals surface area (Å²) < 4.78 is 5.67. The van der Waals surface area contributed by atoms with E-state index in [9.17, 15) is 9.59 Å². The molecule has 1 aliphatic heterocycles. The molecule has 4 nitrogen and oxygen atoms in total. The average molecular weight is 424 g/mol. The van der Waals surface area contributed by atoms with Crippen LogP contribution in [0.3, 0.4) is 0 Å². The first-order valence-corrected chi connectivity index (χ1v) is 10.6. The van der Waals surface area contributed by atoms with Crippen molar-refractivity contribution in [1.82, 2.24) is 0 Å². The first kappa shape index (κ1) is 21.0. The molecule has 1 aliphatic rings. The molecule has 2 aromatic carbocycles. The van der Waals surface area contributed by atoms with Crippen molar-refractivity contribution < 1.29 is 14.3 Å². The van der Waals surface area contributed by atoms with Crippen LogP contribution in [0.2, 0.25) is 0 Å². The monoisotopic (exact) mass is 423 g/mol. The number of nitrogens with zero attached hydrogens (tertiary/aromatic N) is 1. The van der Waals surface area contributed by atoms with Crippen molar-refractivity contribution in [2.75, 3.05) is 11.5 Å². The minimum Gasteiger partial charge on any atom is -0.462 e. The smallest absolute Gasteiger partial charge is 0.338 e. The fourth-order valence-corrected chi connectivity index (χ4v) is 3.90. The number of anilines is 1. The number of esters is 1. The number of thiocarbonyl (C=S) groups is 1. The molecule has 0 saturated carbocycles. The van der Waals surface area contributed by atoms with Crippen LogP contribution >= 0.6 is 24.0 Å². The maximum absolute atomic E-state index is 12.8. The average Bonchev–Trinajstić information content (AvgIpc) is 3.02. The van der Waals surface area contributed by atoms with E-state index in [0.29, 0.717) is 27.1 Å². The second-order valence-electron chi connectivity index (χ2n) is 6.35. The Morgan fingerprint density at radius 3 is 2.55 bits per heavy atom. The Kier molecular flexibility index (Phi) is 7.38. The summed E-state index contributed by atoms with van der Waals surface area (Å²) in [6.45, 7) is 2.45. The van der Waals surface area contributed by atoms with Gasteiger partial charge in [0.1, 0.15) is 0 Å². The van der Waals surface area contributed by atoms with Crippen molar-refractivity contribution in [2.24, 2.45) is 0 Å².